The van der Waals surface area contributed by atoms with E-state index in [1.54, 1.807) is 6.07 Å². The normalized spacial score (nSPS) is 14.0. The molecular formula is C18H23FN2. The largest absolute Gasteiger partial charge is 0.320 e. The van der Waals surface area contributed by atoms with E-state index in [9.17, 15) is 4.39 Å². The number of aryl methyl sites for hydroxylation is 3. The predicted octanol–water partition coefficient (Wildman–Crippen LogP) is 3.95. The number of hydrogen-bond donors (Lipinski definition) is 1. The van der Waals surface area contributed by atoms with Gasteiger partial charge in [0, 0.05) is 0 Å². The van der Waals surface area contributed by atoms with Gasteiger partial charge in [0.25, 0.3) is 0 Å². The third kappa shape index (κ3) is 3.30. The average Bonchev–Trinajstić information content (AvgIpc) is 2.43. The molecule has 0 amide bonds. The van der Waals surface area contributed by atoms with E-state index >= 15 is 0 Å². The number of benzene rings is 1. The molecule has 1 atom stereocenters. The summed E-state index contributed by atoms with van der Waals surface area (Å²) in [6.07, 6.45) is 2.69. The van der Waals surface area contributed by atoms with E-state index in [0.29, 0.717) is 6.42 Å². The standard InChI is InChI=1S/C18H23FN2/c1-5-18(20,17-7-6-15(19)11-21-17)10-16-13(3)8-12(2)9-14(16)4/h6-9,11H,5,10,20H2,1-4H3. The first-order chi connectivity index (χ1) is 9.85. The first-order valence-electron chi connectivity index (χ1n) is 7.33. The molecule has 2 nitrogen and oxygen atoms in total. The van der Waals surface area contributed by atoms with Crippen molar-refractivity contribution >= 4 is 0 Å². The molecule has 2 N–H and O–H groups in total. The van der Waals surface area contributed by atoms with Gasteiger partial charge in [-0.15, -0.1) is 0 Å². The first kappa shape index (κ1) is 15.6. The van der Waals surface area contributed by atoms with E-state index in [-0.39, 0.29) is 5.82 Å². The second-order valence-electron chi connectivity index (χ2n) is 5.93. The average molecular weight is 286 g/mol. The molecule has 1 aromatic heterocycles. The maximum Gasteiger partial charge on any atom is 0.141 e. The Hall–Kier alpha value is -1.74. The van der Waals surface area contributed by atoms with Crippen molar-refractivity contribution in [3.63, 3.8) is 0 Å². The van der Waals surface area contributed by atoms with Crippen molar-refractivity contribution in [2.75, 3.05) is 0 Å². The van der Waals surface area contributed by atoms with Crippen LogP contribution in [0.25, 0.3) is 0 Å². The molecular weight excluding hydrogens is 263 g/mol. The van der Waals surface area contributed by atoms with Crippen LogP contribution in [-0.4, -0.2) is 4.98 Å². The van der Waals surface area contributed by atoms with Crippen molar-refractivity contribution in [1.82, 2.24) is 4.98 Å². The number of nitrogens with two attached hydrogens (primary N) is 1. The molecule has 112 valence electrons. The summed E-state index contributed by atoms with van der Waals surface area (Å²) in [7, 11) is 0. The quantitative estimate of drug-likeness (QED) is 0.924. The second-order valence-corrected chi connectivity index (χ2v) is 5.93. The Balaban J connectivity index is 2.41. The summed E-state index contributed by atoms with van der Waals surface area (Å²) in [6, 6.07) is 7.47. The minimum absolute atomic E-state index is 0.333. The zero-order chi connectivity index (χ0) is 15.6. The maximum atomic E-state index is 13.1. The molecule has 2 rings (SSSR count). The Morgan fingerprint density at radius 2 is 1.76 bits per heavy atom. The van der Waals surface area contributed by atoms with E-state index in [2.05, 4.69) is 37.9 Å². The number of hydrogen-bond acceptors (Lipinski definition) is 2. The Morgan fingerprint density at radius 1 is 1.14 bits per heavy atom. The van der Waals surface area contributed by atoms with Gasteiger partial charge in [-0.2, -0.15) is 0 Å². The monoisotopic (exact) mass is 286 g/mol. The van der Waals surface area contributed by atoms with Crippen LogP contribution in [0.4, 0.5) is 4.39 Å². The summed E-state index contributed by atoms with van der Waals surface area (Å²) in [6.45, 7) is 8.37. The van der Waals surface area contributed by atoms with Gasteiger partial charge < -0.3 is 5.73 Å². The van der Waals surface area contributed by atoms with Crippen LogP contribution in [-0.2, 0) is 12.0 Å². The van der Waals surface area contributed by atoms with E-state index in [4.69, 9.17) is 5.73 Å². The van der Waals surface area contributed by atoms with Crippen LogP contribution in [0.2, 0.25) is 0 Å². The third-order valence-electron chi connectivity index (χ3n) is 4.20. The molecule has 0 saturated carbocycles. The van der Waals surface area contributed by atoms with Crippen LogP contribution in [0, 0.1) is 26.6 Å². The summed E-state index contributed by atoms with van der Waals surface area (Å²) in [5, 5.41) is 0. The van der Waals surface area contributed by atoms with Crippen LogP contribution in [0.5, 0.6) is 0 Å². The minimum atomic E-state index is -0.571. The Bertz CT molecular complexity index is 611. The van der Waals surface area contributed by atoms with Gasteiger partial charge in [0.2, 0.25) is 0 Å². The van der Waals surface area contributed by atoms with Gasteiger partial charge in [-0.05, 0) is 62.4 Å². The summed E-state index contributed by atoms with van der Waals surface area (Å²) in [5.74, 6) is -0.333. The highest BCUT2D eigenvalue weighted by Crippen LogP contribution is 2.29. The van der Waals surface area contributed by atoms with Crippen molar-refractivity contribution in [3.8, 4) is 0 Å². The van der Waals surface area contributed by atoms with E-state index in [1.165, 1.54) is 34.5 Å². The molecule has 1 aromatic carbocycles. The molecule has 0 aliphatic rings. The minimum Gasteiger partial charge on any atom is -0.320 e. The molecule has 0 aliphatic carbocycles. The molecule has 2 aromatic rings. The SMILES string of the molecule is CCC(N)(Cc1c(C)cc(C)cc1C)c1ccc(F)cn1. The smallest absolute Gasteiger partial charge is 0.141 e. The topological polar surface area (TPSA) is 38.9 Å². The van der Waals surface area contributed by atoms with Crippen molar-refractivity contribution in [2.45, 2.75) is 46.1 Å². The van der Waals surface area contributed by atoms with E-state index in [1.807, 2.05) is 6.92 Å². The fourth-order valence-electron chi connectivity index (χ4n) is 2.87. The van der Waals surface area contributed by atoms with Crippen molar-refractivity contribution in [2.24, 2.45) is 5.73 Å². The molecule has 3 heteroatoms. The van der Waals surface area contributed by atoms with Gasteiger partial charge >= 0.3 is 0 Å². The van der Waals surface area contributed by atoms with Crippen LogP contribution in [0.3, 0.4) is 0 Å². The van der Waals surface area contributed by atoms with Gasteiger partial charge in [-0.3, -0.25) is 4.98 Å². The Morgan fingerprint density at radius 3 is 2.24 bits per heavy atom. The lowest BCUT2D eigenvalue weighted by Crippen LogP contribution is -2.39. The van der Waals surface area contributed by atoms with Crippen molar-refractivity contribution in [1.29, 1.82) is 0 Å². The predicted molar refractivity (Wildman–Crippen MR) is 84.7 cm³/mol. The number of pyridine rings is 1. The highest BCUT2D eigenvalue weighted by Gasteiger charge is 2.28. The highest BCUT2D eigenvalue weighted by molar-refractivity contribution is 5.39. The maximum absolute atomic E-state index is 13.1. The van der Waals surface area contributed by atoms with Gasteiger partial charge in [0.15, 0.2) is 0 Å². The van der Waals surface area contributed by atoms with Gasteiger partial charge in [-0.25, -0.2) is 4.39 Å². The zero-order valence-electron chi connectivity index (χ0n) is 13.2. The fraction of sp³-hybridized carbons (Fsp3) is 0.389. The third-order valence-corrected chi connectivity index (χ3v) is 4.20. The lowest BCUT2D eigenvalue weighted by atomic mass is 9.82. The lowest BCUT2D eigenvalue weighted by Gasteiger charge is -2.29. The van der Waals surface area contributed by atoms with Gasteiger partial charge in [-0.1, -0.05) is 24.6 Å². The zero-order valence-corrected chi connectivity index (χ0v) is 13.2. The number of rotatable bonds is 4. The molecule has 0 bridgehead atoms. The van der Waals surface area contributed by atoms with E-state index in [0.717, 1.165) is 12.1 Å². The summed E-state index contributed by atoms with van der Waals surface area (Å²) in [4.78, 5) is 4.19. The fourth-order valence-corrected chi connectivity index (χ4v) is 2.87. The Kier molecular flexibility index (Phi) is 4.43. The number of aromatic nitrogens is 1. The molecule has 1 unspecified atom stereocenters. The molecule has 0 saturated heterocycles. The molecule has 0 radical (unpaired) electrons. The molecule has 21 heavy (non-hydrogen) atoms. The number of halogens is 1. The summed E-state index contributed by atoms with van der Waals surface area (Å²) < 4.78 is 13.1. The van der Waals surface area contributed by atoms with Crippen LogP contribution in [0.15, 0.2) is 30.5 Å². The summed E-state index contributed by atoms with van der Waals surface area (Å²) >= 11 is 0. The van der Waals surface area contributed by atoms with Crippen molar-refractivity contribution in [3.05, 3.63) is 64.2 Å². The summed E-state index contributed by atoms with van der Waals surface area (Å²) in [5.41, 5.74) is 11.8. The molecule has 1 heterocycles. The Labute approximate surface area is 126 Å². The van der Waals surface area contributed by atoms with Crippen LogP contribution < -0.4 is 5.73 Å². The highest BCUT2D eigenvalue weighted by atomic mass is 19.1. The first-order valence-corrected chi connectivity index (χ1v) is 7.33. The molecule has 0 aliphatic heterocycles. The van der Waals surface area contributed by atoms with Crippen LogP contribution in [0.1, 0.15) is 41.3 Å². The van der Waals surface area contributed by atoms with Crippen molar-refractivity contribution < 1.29 is 4.39 Å². The van der Waals surface area contributed by atoms with Gasteiger partial charge in [0.1, 0.15) is 5.82 Å². The van der Waals surface area contributed by atoms with Gasteiger partial charge in [0.05, 0.1) is 17.4 Å². The molecule has 0 spiro atoms. The lowest BCUT2D eigenvalue weighted by molar-refractivity contribution is 0.409. The van der Waals surface area contributed by atoms with E-state index < -0.39 is 5.54 Å². The second kappa shape index (κ2) is 5.94. The number of nitrogens with zero attached hydrogens (tertiary/aromatic N) is 1. The molecule has 0 fully saturated rings. The van der Waals surface area contributed by atoms with Crippen LogP contribution >= 0.6 is 0 Å².